The minimum absolute atomic E-state index is 0.295. The first-order valence-electron chi connectivity index (χ1n) is 5.78. The van der Waals surface area contributed by atoms with Crippen molar-refractivity contribution >= 4 is 44.9 Å². The van der Waals surface area contributed by atoms with E-state index < -0.39 is 0 Å². The SMILES string of the molecule is CCc1cc2c(Sc3cnn(C)c3)nc(Cl)nc2s1. The number of hydrogen-bond acceptors (Lipinski definition) is 5. The Hall–Kier alpha value is -1.11. The molecule has 3 aromatic rings. The van der Waals surface area contributed by atoms with Gasteiger partial charge in [-0.05, 0) is 24.1 Å². The van der Waals surface area contributed by atoms with Gasteiger partial charge in [0.15, 0.2) is 0 Å². The van der Waals surface area contributed by atoms with Crippen molar-refractivity contribution in [1.29, 1.82) is 0 Å². The third-order valence-corrected chi connectivity index (χ3v) is 4.92. The van der Waals surface area contributed by atoms with Crippen LogP contribution in [-0.4, -0.2) is 19.7 Å². The minimum Gasteiger partial charge on any atom is -0.275 e. The van der Waals surface area contributed by atoms with E-state index in [0.29, 0.717) is 5.28 Å². The lowest BCUT2D eigenvalue weighted by Crippen LogP contribution is -1.86. The molecule has 3 aromatic heterocycles. The molecule has 3 heterocycles. The average Bonchev–Trinajstić information content (AvgIpc) is 2.95. The second-order valence-electron chi connectivity index (χ2n) is 4.03. The van der Waals surface area contributed by atoms with Gasteiger partial charge in [0.2, 0.25) is 5.28 Å². The first kappa shape index (κ1) is 12.9. The molecule has 7 heteroatoms. The zero-order valence-electron chi connectivity index (χ0n) is 10.4. The standard InChI is InChI=1S/C12H11ClN4S2/c1-3-7-4-9-10(18-7)15-12(13)16-11(9)19-8-5-14-17(2)6-8/h4-6H,3H2,1-2H3. The van der Waals surface area contributed by atoms with Crippen molar-refractivity contribution < 1.29 is 0 Å². The Balaban J connectivity index is 2.08. The molecule has 0 unspecified atom stereocenters. The van der Waals surface area contributed by atoms with Gasteiger partial charge in [0, 0.05) is 23.5 Å². The molecular weight excluding hydrogens is 300 g/mol. The molecule has 0 radical (unpaired) electrons. The van der Waals surface area contributed by atoms with E-state index in [1.165, 1.54) is 4.88 Å². The van der Waals surface area contributed by atoms with E-state index in [1.54, 1.807) is 27.8 Å². The van der Waals surface area contributed by atoms with Gasteiger partial charge in [-0.15, -0.1) is 11.3 Å². The van der Waals surface area contributed by atoms with Crippen LogP contribution in [0, 0.1) is 0 Å². The lowest BCUT2D eigenvalue weighted by atomic mass is 10.3. The Labute approximate surface area is 123 Å². The van der Waals surface area contributed by atoms with Crippen LogP contribution in [0.3, 0.4) is 0 Å². The molecule has 0 saturated carbocycles. The maximum atomic E-state index is 6.00. The van der Waals surface area contributed by atoms with Crippen LogP contribution in [0.5, 0.6) is 0 Å². The van der Waals surface area contributed by atoms with Crippen molar-refractivity contribution in [3.63, 3.8) is 0 Å². The summed E-state index contributed by atoms with van der Waals surface area (Å²) in [6, 6.07) is 2.15. The molecule has 4 nitrogen and oxygen atoms in total. The highest BCUT2D eigenvalue weighted by atomic mass is 35.5. The summed E-state index contributed by atoms with van der Waals surface area (Å²) in [5.41, 5.74) is 0. The summed E-state index contributed by atoms with van der Waals surface area (Å²) in [5, 5.41) is 6.41. The van der Waals surface area contributed by atoms with Crippen LogP contribution in [0.15, 0.2) is 28.4 Å². The highest BCUT2D eigenvalue weighted by Gasteiger charge is 2.12. The summed E-state index contributed by atoms with van der Waals surface area (Å²) in [5.74, 6) is 0. The topological polar surface area (TPSA) is 43.6 Å². The number of aromatic nitrogens is 4. The average molecular weight is 311 g/mol. The van der Waals surface area contributed by atoms with Crippen molar-refractivity contribution in [1.82, 2.24) is 19.7 Å². The van der Waals surface area contributed by atoms with Gasteiger partial charge in [0.05, 0.1) is 11.1 Å². The summed E-state index contributed by atoms with van der Waals surface area (Å²) in [7, 11) is 1.90. The largest absolute Gasteiger partial charge is 0.275 e. The fourth-order valence-corrected chi connectivity index (χ4v) is 3.96. The molecule has 0 bridgehead atoms. The third-order valence-electron chi connectivity index (χ3n) is 2.63. The van der Waals surface area contributed by atoms with Crippen LogP contribution >= 0.6 is 34.7 Å². The van der Waals surface area contributed by atoms with Crippen molar-refractivity contribution in [2.45, 2.75) is 23.3 Å². The summed E-state index contributed by atoms with van der Waals surface area (Å²) in [6.45, 7) is 2.13. The molecule has 3 rings (SSSR count). The molecule has 0 aliphatic rings. The van der Waals surface area contributed by atoms with E-state index in [4.69, 9.17) is 11.6 Å². The summed E-state index contributed by atoms with van der Waals surface area (Å²) in [6.07, 6.45) is 4.77. The molecule has 0 amide bonds. The number of thiophene rings is 1. The van der Waals surface area contributed by atoms with Gasteiger partial charge in [0.25, 0.3) is 0 Å². The van der Waals surface area contributed by atoms with E-state index in [9.17, 15) is 0 Å². The Morgan fingerprint density at radius 3 is 2.95 bits per heavy atom. The van der Waals surface area contributed by atoms with Crippen LogP contribution in [-0.2, 0) is 13.5 Å². The second-order valence-corrected chi connectivity index (χ2v) is 6.55. The van der Waals surface area contributed by atoms with E-state index in [0.717, 1.165) is 26.6 Å². The number of rotatable bonds is 3. The van der Waals surface area contributed by atoms with Crippen molar-refractivity contribution in [3.05, 3.63) is 28.6 Å². The third kappa shape index (κ3) is 2.61. The monoisotopic (exact) mass is 310 g/mol. The Bertz CT molecular complexity index is 734. The summed E-state index contributed by atoms with van der Waals surface area (Å²) < 4.78 is 1.77. The molecule has 0 aromatic carbocycles. The zero-order valence-corrected chi connectivity index (χ0v) is 12.8. The number of halogens is 1. The van der Waals surface area contributed by atoms with Crippen molar-refractivity contribution in [2.24, 2.45) is 7.05 Å². The van der Waals surface area contributed by atoms with Crippen molar-refractivity contribution in [3.8, 4) is 0 Å². The molecular formula is C12H11ClN4S2. The maximum Gasteiger partial charge on any atom is 0.224 e. The van der Waals surface area contributed by atoms with E-state index in [2.05, 4.69) is 28.1 Å². The molecule has 0 saturated heterocycles. The fraction of sp³-hybridized carbons (Fsp3) is 0.250. The number of hydrogen-bond donors (Lipinski definition) is 0. The van der Waals surface area contributed by atoms with Gasteiger partial charge in [0.1, 0.15) is 9.86 Å². The van der Waals surface area contributed by atoms with Crippen LogP contribution < -0.4 is 0 Å². The second kappa shape index (κ2) is 5.11. The molecule has 0 aliphatic carbocycles. The summed E-state index contributed by atoms with van der Waals surface area (Å²) >= 11 is 9.23. The normalized spacial score (nSPS) is 11.3. The highest BCUT2D eigenvalue weighted by molar-refractivity contribution is 7.99. The number of fused-ring (bicyclic) bond motifs is 1. The Morgan fingerprint density at radius 1 is 1.42 bits per heavy atom. The first-order chi connectivity index (χ1) is 9.15. The number of aryl methyl sites for hydroxylation is 2. The molecule has 0 aliphatic heterocycles. The molecule has 0 N–H and O–H groups in total. The Morgan fingerprint density at radius 2 is 2.26 bits per heavy atom. The lowest BCUT2D eigenvalue weighted by Gasteiger charge is -2.00. The van der Waals surface area contributed by atoms with Gasteiger partial charge in [-0.25, -0.2) is 9.97 Å². The van der Waals surface area contributed by atoms with Crippen LogP contribution in [0.2, 0.25) is 5.28 Å². The first-order valence-corrected chi connectivity index (χ1v) is 7.79. The van der Waals surface area contributed by atoms with Gasteiger partial charge in [-0.2, -0.15) is 5.10 Å². The van der Waals surface area contributed by atoms with Crippen molar-refractivity contribution in [2.75, 3.05) is 0 Å². The van der Waals surface area contributed by atoms with E-state index in [-0.39, 0.29) is 0 Å². The van der Waals surface area contributed by atoms with Crippen LogP contribution in [0.1, 0.15) is 11.8 Å². The molecule has 0 spiro atoms. The highest BCUT2D eigenvalue weighted by Crippen LogP contribution is 2.35. The summed E-state index contributed by atoms with van der Waals surface area (Å²) in [4.78, 5) is 11.9. The van der Waals surface area contributed by atoms with Gasteiger partial charge < -0.3 is 0 Å². The minimum atomic E-state index is 0.295. The Kier molecular flexibility index (Phi) is 3.47. The van der Waals surface area contributed by atoms with Crippen LogP contribution in [0.4, 0.5) is 0 Å². The lowest BCUT2D eigenvalue weighted by molar-refractivity contribution is 0.766. The molecule has 0 fully saturated rings. The predicted molar refractivity (Wildman–Crippen MR) is 79.1 cm³/mol. The molecule has 98 valence electrons. The van der Waals surface area contributed by atoms with Gasteiger partial charge in [-0.3, -0.25) is 4.68 Å². The van der Waals surface area contributed by atoms with Crippen LogP contribution in [0.25, 0.3) is 10.2 Å². The zero-order chi connectivity index (χ0) is 13.4. The fourth-order valence-electron chi connectivity index (χ4n) is 1.74. The molecule has 19 heavy (non-hydrogen) atoms. The number of nitrogens with zero attached hydrogens (tertiary/aromatic N) is 4. The van der Waals surface area contributed by atoms with Gasteiger partial charge in [-0.1, -0.05) is 18.7 Å². The van der Waals surface area contributed by atoms with Gasteiger partial charge >= 0.3 is 0 Å². The van der Waals surface area contributed by atoms with E-state index in [1.807, 2.05) is 19.4 Å². The predicted octanol–water partition coefficient (Wildman–Crippen LogP) is 3.79. The smallest absolute Gasteiger partial charge is 0.224 e. The molecule has 0 atom stereocenters. The quantitative estimate of drug-likeness (QED) is 0.545. The maximum absolute atomic E-state index is 6.00. The van der Waals surface area contributed by atoms with E-state index >= 15 is 0 Å².